The van der Waals surface area contributed by atoms with Crippen molar-refractivity contribution >= 4 is 27.5 Å². The second-order valence-corrected chi connectivity index (χ2v) is 3.83. The minimum absolute atomic E-state index is 1.02. The van der Waals surface area contributed by atoms with Crippen molar-refractivity contribution in [3.05, 3.63) is 48.7 Å². The average Bonchev–Trinajstić information content (AvgIpc) is 2.71. The maximum Gasteiger partial charge on any atom is 0.137 e. The summed E-state index contributed by atoms with van der Waals surface area (Å²) in [6.07, 6.45) is 1.92. The molecule has 0 radical (unpaired) electrons. The van der Waals surface area contributed by atoms with E-state index in [1.165, 1.54) is 16.3 Å². The zero-order valence-electron chi connectivity index (χ0n) is 8.01. The molecular formula is C13H8N2. The molecule has 0 N–H and O–H groups in total. The summed E-state index contributed by atoms with van der Waals surface area (Å²) in [5, 5.41) is 2.53. The molecule has 70 valence electrons. The van der Waals surface area contributed by atoms with Crippen molar-refractivity contribution in [2.45, 2.75) is 0 Å². The highest BCUT2D eigenvalue weighted by Gasteiger charge is 2.06. The number of benzene rings is 1. The summed E-state index contributed by atoms with van der Waals surface area (Å²) < 4.78 is 2.21. The van der Waals surface area contributed by atoms with Crippen molar-refractivity contribution in [2.75, 3.05) is 0 Å². The molecule has 0 bridgehead atoms. The minimum atomic E-state index is 1.02. The Bertz CT molecular complexity index is 707. The van der Waals surface area contributed by atoms with Gasteiger partial charge in [-0.05, 0) is 29.0 Å². The number of rotatable bonds is 0. The van der Waals surface area contributed by atoms with Crippen LogP contribution in [0.2, 0.25) is 0 Å². The fourth-order valence-electron chi connectivity index (χ4n) is 2.31. The lowest BCUT2D eigenvalue weighted by atomic mass is 10.1. The fraction of sp³-hybridized carbons (Fsp3) is 0. The summed E-state index contributed by atoms with van der Waals surface area (Å²) in [4.78, 5) is 4.38. The number of pyridine rings is 2. The smallest absolute Gasteiger partial charge is 0.137 e. The number of nitrogens with zero attached hydrogens (tertiary/aromatic N) is 2. The molecule has 4 aromatic rings. The van der Waals surface area contributed by atoms with Gasteiger partial charge in [0.1, 0.15) is 5.65 Å². The van der Waals surface area contributed by atoms with E-state index in [9.17, 15) is 0 Å². The monoisotopic (exact) mass is 192 g/mol. The summed E-state index contributed by atoms with van der Waals surface area (Å²) in [5.74, 6) is 0. The van der Waals surface area contributed by atoms with Crippen molar-refractivity contribution in [1.29, 1.82) is 0 Å². The van der Waals surface area contributed by atoms with E-state index in [0.29, 0.717) is 0 Å². The molecule has 0 saturated carbocycles. The van der Waals surface area contributed by atoms with Crippen LogP contribution in [0.25, 0.3) is 27.5 Å². The molecule has 1 aromatic carbocycles. The predicted octanol–water partition coefficient (Wildman–Crippen LogP) is 3.08. The normalized spacial score (nSPS) is 12.0. The lowest BCUT2D eigenvalue weighted by Gasteiger charge is -2.06. The van der Waals surface area contributed by atoms with Gasteiger partial charge >= 0.3 is 0 Å². The Morgan fingerprint density at radius 2 is 1.67 bits per heavy atom. The quantitative estimate of drug-likeness (QED) is 0.418. The Hall–Kier alpha value is -2.09. The van der Waals surface area contributed by atoms with Gasteiger partial charge in [-0.15, -0.1) is 0 Å². The summed E-state index contributed by atoms with van der Waals surface area (Å²) >= 11 is 0. The third-order valence-corrected chi connectivity index (χ3v) is 2.98. The Balaban J connectivity index is 2.54. The summed E-state index contributed by atoms with van der Waals surface area (Å²) in [6.45, 7) is 0. The number of aromatic nitrogens is 2. The van der Waals surface area contributed by atoms with E-state index in [-0.39, 0.29) is 0 Å². The Labute approximate surface area is 86.1 Å². The van der Waals surface area contributed by atoms with E-state index in [2.05, 4.69) is 51.8 Å². The number of hydrogen-bond donors (Lipinski definition) is 0. The van der Waals surface area contributed by atoms with Gasteiger partial charge in [0.05, 0.1) is 17.2 Å². The standard InChI is InChI=1S/C13H8N2/c1-2-9-4-6-11-8-14-12-7-5-10(3-1)13(9)15(11)12/h1-8H. The molecule has 0 spiro atoms. The largest absolute Gasteiger partial charge is 0.292 e. The van der Waals surface area contributed by atoms with Crippen LogP contribution in [0.5, 0.6) is 0 Å². The maximum absolute atomic E-state index is 4.38. The van der Waals surface area contributed by atoms with Crippen LogP contribution >= 0.6 is 0 Å². The van der Waals surface area contributed by atoms with Crippen LogP contribution in [0, 0.1) is 0 Å². The fourth-order valence-corrected chi connectivity index (χ4v) is 2.31. The molecule has 3 aromatic heterocycles. The van der Waals surface area contributed by atoms with Gasteiger partial charge in [-0.25, -0.2) is 4.98 Å². The Morgan fingerprint density at radius 3 is 2.53 bits per heavy atom. The van der Waals surface area contributed by atoms with Gasteiger partial charge in [-0.2, -0.15) is 0 Å². The third-order valence-electron chi connectivity index (χ3n) is 2.98. The topological polar surface area (TPSA) is 17.3 Å². The van der Waals surface area contributed by atoms with Gasteiger partial charge in [0.15, 0.2) is 0 Å². The van der Waals surface area contributed by atoms with Crippen LogP contribution < -0.4 is 0 Å². The van der Waals surface area contributed by atoms with Crippen LogP contribution in [0.1, 0.15) is 0 Å². The summed E-state index contributed by atoms with van der Waals surface area (Å²) in [7, 11) is 0. The highest BCUT2D eigenvalue weighted by atomic mass is 15.0. The van der Waals surface area contributed by atoms with Crippen molar-refractivity contribution in [2.24, 2.45) is 0 Å². The van der Waals surface area contributed by atoms with Crippen LogP contribution in [-0.4, -0.2) is 9.38 Å². The first-order valence-corrected chi connectivity index (χ1v) is 5.01. The van der Waals surface area contributed by atoms with E-state index in [0.717, 1.165) is 11.2 Å². The first kappa shape index (κ1) is 7.23. The number of hydrogen-bond acceptors (Lipinski definition) is 1. The molecular weight excluding hydrogens is 184 g/mol. The Morgan fingerprint density at radius 1 is 0.867 bits per heavy atom. The highest BCUT2D eigenvalue weighted by molar-refractivity contribution is 5.99. The SMILES string of the molecule is c1cc2ccc3cnc4ccc(c1)c2n34. The number of imidazole rings is 1. The first-order valence-electron chi connectivity index (χ1n) is 5.01. The van der Waals surface area contributed by atoms with E-state index in [1.54, 1.807) is 0 Å². The van der Waals surface area contributed by atoms with Gasteiger partial charge in [0.25, 0.3) is 0 Å². The predicted molar refractivity (Wildman–Crippen MR) is 61.4 cm³/mol. The molecule has 2 heteroatoms. The van der Waals surface area contributed by atoms with Gasteiger partial charge < -0.3 is 0 Å². The van der Waals surface area contributed by atoms with Crippen molar-refractivity contribution in [3.63, 3.8) is 0 Å². The van der Waals surface area contributed by atoms with Gasteiger partial charge in [0.2, 0.25) is 0 Å². The highest BCUT2D eigenvalue weighted by Crippen LogP contribution is 2.25. The maximum atomic E-state index is 4.38. The molecule has 0 atom stereocenters. The molecule has 0 fully saturated rings. The van der Waals surface area contributed by atoms with Crippen molar-refractivity contribution in [3.8, 4) is 0 Å². The second-order valence-electron chi connectivity index (χ2n) is 3.83. The molecule has 15 heavy (non-hydrogen) atoms. The van der Waals surface area contributed by atoms with E-state index in [1.807, 2.05) is 6.20 Å². The molecule has 0 unspecified atom stereocenters. The lowest BCUT2D eigenvalue weighted by Crippen LogP contribution is -1.90. The third kappa shape index (κ3) is 0.773. The van der Waals surface area contributed by atoms with Crippen LogP contribution in [0.4, 0.5) is 0 Å². The molecule has 0 saturated heterocycles. The van der Waals surface area contributed by atoms with E-state index < -0.39 is 0 Å². The first-order chi connectivity index (χ1) is 7.43. The van der Waals surface area contributed by atoms with Gasteiger partial charge in [-0.3, -0.25) is 4.40 Å². The zero-order chi connectivity index (χ0) is 9.83. The molecule has 0 aliphatic carbocycles. The van der Waals surface area contributed by atoms with Crippen molar-refractivity contribution < 1.29 is 0 Å². The van der Waals surface area contributed by atoms with Crippen molar-refractivity contribution in [1.82, 2.24) is 9.38 Å². The molecule has 3 heterocycles. The van der Waals surface area contributed by atoms with Crippen LogP contribution in [0.3, 0.4) is 0 Å². The van der Waals surface area contributed by atoms with Crippen LogP contribution in [-0.2, 0) is 0 Å². The van der Waals surface area contributed by atoms with Gasteiger partial charge in [-0.1, -0.05) is 24.3 Å². The average molecular weight is 192 g/mol. The number of para-hydroxylation sites is 1. The molecule has 0 amide bonds. The molecule has 0 aliphatic rings. The summed E-state index contributed by atoms with van der Waals surface area (Å²) in [6, 6.07) is 14.8. The minimum Gasteiger partial charge on any atom is -0.292 e. The zero-order valence-corrected chi connectivity index (χ0v) is 8.01. The molecule has 2 nitrogen and oxygen atoms in total. The second kappa shape index (κ2) is 2.28. The van der Waals surface area contributed by atoms with E-state index >= 15 is 0 Å². The lowest BCUT2D eigenvalue weighted by molar-refractivity contribution is 1.30. The van der Waals surface area contributed by atoms with Gasteiger partial charge in [0, 0.05) is 0 Å². The molecule has 0 aliphatic heterocycles. The Kier molecular flexibility index (Phi) is 1.10. The summed E-state index contributed by atoms with van der Waals surface area (Å²) in [5.41, 5.74) is 3.45. The van der Waals surface area contributed by atoms with E-state index in [4.69, 9.17) is 0 Å². The molecule has 4 rings (SSSR count). The van der Waals surface area contributed by atoms with Crippen LogP contribution in [0.15, 0.2) is 48.7 Å².